The van der Waals surface area contributed by atoms with Gasteiger partial charge in [0.1, 0.15) is 5.76 Å². The molecule has 1 amide bonds. The molecule has 0 spiro atoms. The Hall–Kier alpha value is -2.15. The Bertz CT molecular complexity index is 1000. The van der Waals surface area contributed by atoms with E-state index in [1.165, 1.54) is 0 Å². The smallest absolute Gasteiger partial charge is 0.295 e. The van der Waals surface area contributed by atoms with Crippen molar-refractivity contribution in [3.05, 3.63) is 74.7 Å². The van der Waals surface area contributed by atoms with E-state index < -0.39 is 17.7 Å². The van der Waals surface area contributed by atoms with Crippen molar-refractivity contribution in [2.24, 2.45) is 0 Å². The molecule has 2 fully saturated rings. The van der Waals surface area contributed by atoms with Gasteiger partial charge in [0.25, 0.3) is 11.7 Å². The maximum Gasteiger partial charge on any atom is 0.295 e. The van der Waals surface area contributed by atoms with E-state index in [0.717, 1.165) is 36.0 Å². The Morgan fingerprint density at radius 1 is 1.07 bits per heavy atom. The first-order chi connectivity index (χ1) is 14.5. The molecular formula is C23H22BrClN2O3. The highest BCUT2D eigenvalue weighted by Crippen LogP contribution is 2.40. The molecule has 2 aliphatic heterocycles. The highest BCUT2D eigenvalue weighted by atomic mass is 79.9. The van der Waals surface area contributed by atoms with Crippen molar-refractivity contribution in [2.75, 3.05) is 26.2 Å². The van der Waals surface area contributed by atoms with Crippen molar-refractivity contribution in [2.45, 2.75) is 18.9 Å². The molecule has 0 aliphatic carbocycles. The van der Waals surface area contributed by atoms with Crippen molar-refractivity contribution in [3.8, 4) is 0 Å². The van der Waals surface area contributed by atoms with Crippen LogP contribution in [0.15, 0.2) is 58.6 Å². The number of aliphatic hydroxyl groups is 1. The fourth-order valence-electron chi connectivity index (χ4n) is 4.15. The van der Waals surface area contributed by atoms with E-state index in [2.05, 4.69) is 20.8 Å². The summed E-state index contributed by atoms with van der Waals surface area (Å²) in [5.41, 5.74) is 1.35. The number of hydrogen-bond acceptors (Lipinski definition) is 4. The van der Waals surface area contributed by atoms with Crippen LogP contribution in [-0.4, -0.2) is 52.8 Å². The first-order valence-corrected chi connectivity index (χ1v) is 11.1. The summed E-state index contributed by atoms with van der Waals surface area (Å²) in [7, 11) is 0. The summed E-state index contributed by atoms with van der Waals surface area (Å²) >= 11 is 9.43. The monoisotopic (exact) mass is 488 g/mol. The van der Waals surface area contributed by atoms with Gasteiger partial charge < -0.3 is 14.9 Å². The lowest BCUT2D eigenvalue weighted by atomic mass is 9.95. The molecule has 1 atom stereocenters. The average molecular weight is 490 g/mol. The van der Waals surface area contributed by atoms with E-state index in [0.29, 0.717) is 23.7 Å². The third kappa shape index (κ3) is 4.17. The summed E-state index contributed by atoms with van der Waals surface area (Å²) in [5.74, 6) is -1.41. The SMILES string of the molecule is O=C1C(=O)N(CCN2CCCC2)C(c2cccc(Br)c2)/C1=C(\O)c1ccc(Cl)cc1. The molecule has 1 N–H and O–H groups in total. The summed E-state index contributed by atoms with van der Waals surface area (Å²) in [4.78, 5) is 29.8. The number of amides is 1. The molecule has 1 unspecified atom stereocenters. The summed E-state index contributed by atoms with van der Waals surface area (Å²) in [6.45, 7) is 3.16. The van der Waals surface area contributed by atoms with Crippen LogP contribution in [0.1, 0.15) is 30.0 Å². The Morgan fingerprint density at radius 3 is 2.43 bits per heavy atom. The molecule has 0 bridgehead atoms. The first-order valence-electron chi connectivity index (χ1n) is 9.98. The van der Waals surface area contributed by atoms with Crippen LogP contribution in [-0.2, 0) is 9.59 Å². The van der Waals surface area contributed by atoms with Gasteiger partial charge in [-0.1, -0.05) is 39.7 Å². The fourth-order valence-corrected chi connectivity index (χ4v) is 4.70. The van der Waals surface area contributed by atoms with Crippen molar-refractivity contribution in [1.29, 1.82) is 0 Å². The van der Waals surface area contributed by atoms with Gasteiger partial charge in [0, 0.05) is 28.1 Å². The number of ketones is 1. The van der Waals surface area contributed by atoms with Gasteiger partial charge in [-0.3, -0.25) is 9.59 Å². The third-order valence-electron chi connectivity index (χ3n) is 5.68. The summed E-state index contributed by atoms with van der Waals surface area (Å²) < 4.78 is 0.844. The van der Waals surface area contributed by atoms with Crippen LogP contribution in [0.25, 0.3) is 5.76 Å². The fraction of sp³-hybridized carbons (Fsp3) is 0.304. The Labute approximate surface area is 189 Å². The lowest BCUT2D eigenvalue weighted by Gasteiger charge is -2.27. The number of Topliss-reactive ketones (excluding diaryl/α,β-unsaturated/α-hetero) is 1. The van der Waals surface area contributed by atoms with Gasteiger partial charge in [0.05, 0.1) is 11.6 Å². The third-order valence-corrected chi connectivity index (χ3v) is 6.42. The van der Waals surface area contributed by atoms with E-state index in [1.807, 2.05) is 24.3 Å². The van der Waals surface area contributed by atoms with Crippen LogP contribution in [0.5, 0.6) is 0 Å². The molecule has 2 aliphatic rings. The highest BCUT2D eigenvalue weighted by molar-refractivity contribution is 9.10. The lowest BCUT2D eigenvalue weighted by Crippen LogP contribution is -2.37. The molecule has 2 saturated heterocycles. The second kappa shape index (κ2) is 8.92. The number of carbonyl (C=O) groups excluding carboxylic acids is 2. The number of halogens is 2. The maximum absolute atomic E-state index is 13.0. The predicted octanol–water partition coefficient (Wildman–Crippen LogP) is 4.62. The van der Waals surface area contributed by atoms with Crippen molar-refractivity contribution < 1.29 is 14.7 Å². The van der Waals surface area contributed by atoms with Gasteiger partial charge >= 0.3 is 0 Å². The van der Waals surface area contributed by atoms with E-state index in [4.69, 9.17) is 11.6 Å². The summed E-state index contributed by atoms with van der Waals surface area (Å²) in [6, 6.07) is 13.5. The van der Waals surface area contributed by atoms with E-state index in [1.54, 1.807) is 29.2 Å². The normalized spacial score (nSPS) is 21.5. The molecule has 30 heavy (non-hydrogen) atoms. The van der Waals surface area contributed by atoms with Gasteiger partial charge in [-0.25, -0.2) is 0 Å². The van der Waals surface area contributed by atoms with Crippen molar-refractivity contribution in [1.82, 2.24) is 9.80 Å². The zero-order valence-corrected chi connectivity index (χ0v) is 18.7. The molecule has 5 nitrogen and oxygen atoms in total. The quantitative estimate of drug-likeness (QED) is 0.378. The molecule has 0 aromatic heterocycles. The zero-order valence-electron chi connectivity index (χ0n) is 16.4. The van der Waals surface area contributed by atoms with Gasteiger partial charge in [0.2, 0.25) is 0 Å². The van der Waals surface area contributed by atoms with Crippen LogP contribution < -0.4 is 0 Å². The Kier molecular flexibility index (Phi) is 6.27. The molecular weight excluding hydrogens is 468 g/mol. The molecule has 156 valence electrons. The van der Waals surface area contributed by atoms with Crippen LogP contribution >= 0.6 is 27.5 Å². The second-order valence-corrected chi connectivity index (χ2v) is 8.96. The number of rotatable bonds is 5. The number of likely N-dealkylation sites (tertiary alicyclic amines) is 2. The van der Waals surface area contributed by atoms with Crippen LogP contribution in [0.2, 0.25) is 5.02 Å². The van der Waals surface area contributed by atoms with Crippen LogP contribution in [0.3, 0.4) is 0 Å². The summed E-state index contributed by atoms with van der Waals surface area (Å²) in [5, 5.41) is 11.5. The van der Waals surface area contributed by atoms with Crippen molar-refractivity contribution >= 4 is 45.0 Å². The zero-order chi connectivity index (χ0) is 21.3. The van der Waals surface area contributed by atoms with E-state index in [9.17, 15) is 14.7 Å². The topological polar surface area (TPSA) is 60.9 Å². The molecule has 0 saturated carbocycles. The average Bonchev–Trinajstić information content (AvgIpc) is 3.34. The molecule has 2 heterocycles. The Balaban J connectivity index is 1.76. The van der Waals surface area contributed by atoms with E-state index >= 15 is 0 Å². The predicted molar refractivity (Wildman–Crippen MR) is 120 cm³/mol. The molecule has 0 radical (unpaired) electrons. The van der Waals surface area contributed by atoms with Crippen LogP contribution in [0, 0.1) is 0 Å². The lowest BCUT2D eigenvalue weighted by molar-refractivity contribution is -0.140. The number of aliphatic hydroxyl groups excluding tert-OH is 1. The van der Waals surface area contributed by atoms with Gasteiger partial charge in [-0.15, -0.1) is 0 Å². The Morgan fingerprint density at radius 2 is 1.77 bits per heavy atom. The minimum atomic E-state index is -0.658. The highest BCUT2D eigenvalue weighted by Gasteiger charge is 2.46. The molecule has 2 aromatic rings. The largest absolute Gasteiger partial charge is 0.507 e. The standard InChI is InChI=1S/C23H22BrClN2O3/c24-17-5-3-4-16(14-17)20-19(21(28)15-6-8-18(25)9-7-15)22(29)23(30)27(20)13-12-26-10-1-2-11-26/h3-9,14,20,28H,1-2,10-13H2/b21-19+. The number of nitrogens with zero attached hydrogens (tertiary/aromatic N) is 2. The minimum absolute atomic E-state index is 0.113. The molecule has 4 rings (SSSR count). The van der Waals surface area contributed by atoms with Crippen LogP contribution in [0.4, 0.5) is 0 Å². The number of hydrogen-bond donors (Lipinski definition) is 1. The molecule has 2 aromatic carbocycles. The van der Waals surface area contributed by atoms with Gasteiger partial charge in [0.15, 0.2) is 0 Å². The van der Waals surface area contributed by atoms with Gasteiger partial charge in [-0.2, -0.15) is 0 Å². The van der Waals surface area contributed by atoms with E-state index in [-0.39, 0.29) is 11.3 Å². The maximum atomic E-state index is 13.0. The number of benzene rings is 2. The van der Waals surface area contributed by atoms with Crippen molar-refractivity contribution in [3.63, 3.8) is 0 Å². The molecule has 7 heteroatoms. The summed E-state index contributed by atoms with van der Waals surface area (Å²) in [6.07, 6.45) is 2.31. The first kappa shape index (κ1) is 21.1. The number of carbonyl (C=O) groups is 2. The minimum Gasteiger partial charge on any atom is -0.507 e. The second-order valence-electron chi connectivity index (χ2n) is 7.60. The van der Waals surface area contributed by atoms with Gasteiger partial charge in [-0.05, 0) is 67.9 Å².